The summed E-state index contributed by atoms with van der Waals surface area (Å²) in [4.78, 5) is 10.9. The van der Waals surface area contributed by atoms with Gasteiger partial charge in [0.2, 0.25) is 0 Å². The van der Waals surface area contributed by atoms with Gasteiger partial charge in [-0.2, -0.15) is 0 Å². The highest BCUT2D eigenvalue weighted by atomic mass is 16.4. The van der Waals surface area contributed by atoms with Crippen LogP contribution in [-0.2, 0) is 4.79 Å². The van der Waals surface area contributed by atoms with Gasteiger partial charge >= 0.3 is 5.97 Å². The molecule has 0 fully saturated rings. The molecule has 0 bridgehead atoms. The molecule has 1 aromatic carbocycles. The van der Waals surface area contributed by atoms with Gasteiger partial charge in [-0.25, -0.2) is 0 Å². The third-order valence-corrected chi connectivity index (χ3v) is 1.86. The molecule has 0 saturated heterocycles. The van der Waals surface area contributed by atoms with Crippen molar-refractivity contribution >= 4 is 5.97 Å². The highest BCUT2D eigenvalue weighted by molar-refractivity contribution is 5.75. The summed E-state index contributed by atoms with van der Waals surface area (Å²) in [7, 11) is 0. The van der Waals surface area contributed by atoms with Crippen LogP contribution in [0.5, 0.6) is 5.75 Å². The number of rotatable bonds is 4. The summed E-state index contributed by atoms with van der Waals surface area (Å²) >= 11 is 0. The summed E-state index contributed by atoms with van der Waals surface area (Å²) in [5.41, 5.74) is 0.470. The molecule has 0 aromatic heterocycles. The van der Waals surface area contributed by atoms with Crippen LogP contribution in [0, 0.1) is 12.3 Å². The lowest BCUT2D eigenvalue weighted by atomic mass is 10.1. The quantitative estimate of drug-likeness (QED) is 0.634. The predicted molar refractivity (Wildman–Crippen MR) is 55.3 cm³/mol. The van der Waals surface area contributed by atoms with E-state index in [1.165, 1.54) is 12.1 Å². The summed E-state index contributed by atoms with van der Waals surface area (Å²) in [6, 6.07) is 5.17. The fraction of sp³-hybridized carbons (Fsp3) is 0.182. The molecule has 78 valence electrons. The average Bonchev–Trinajstić information content (AvgIpc) is 2.18. The van der Waals surface area contributed by atoms with Crippen LogP contribution in [0.25, 0.3) is 0 Å². The second-order valence-electron chi connectivity index (χ2n) is 2.95. The molecule has 3 N–H and O–H groups in total. The standard InChI is InChI=1S/C11H11NO3/c1-2-6-12-10(11(14)15)8-4-3-5-9(13)7-8/h1,3-5,7,10,12-13H,6H2,(H,14,15). The summed E-state index contributed by atoms with van der Waals surface area (Å²) in [5, 5.41) is 20.8. The number of aliphatic carboxylic acids is 1. The third-order valence-electron chi connectivity index (χ3n) is 1.86. The van der Waals surface area contributed by atoms with Gasteiger partial charge in [-0.15, -0.1) is 6.42 Å². The molecule has 4 nitrogen and oxygen atoms in total. The number of hydrogen-bond donors (Lipinski definition) is 3. The van der Waals surface area contributed by atoms with Crippen molar-refractivity contribution in [2.45, 2.75) is 6.04 Å². The highest BCUT2D eigenvalue weighted by Gasteiger charge is 2.18. The molecule has 0 aliphatic carbocycles. The van der Waals surface area contributed by atoms with E-state index in [9.17, 15) is 9.90 Å². The lowest BCUT2D eigenvalue weighted by Gasteiger charge is -2.12. The van der Waals surface area contributed by atoms with Crippen LogP contribution in [0.4, 0.5) is 0 Å². The third kappa shape index (κ3) is 3.01. The molecule has 15 heavy (non-hydrogen) atoms. The van der Waals surface area contributed by atoms with E-state index in [0.29, 0.717) is 5.56 Å². The topological polar surface area (TPSA) is 69.6 Å². The molecule has 0 saturated carbocycles. The summed E-state index contributed by atoms with van der Waals surface area (Å²) in [5.74, 6) is 1.30. The largest absolute Gasteiger partial charge is 0.508 e. The first-order valence-corrected chi connectivity index (χ1v) is 4.33. The van der Waals surface area contributed by atoms with Crippen molar-refractivity contribution in [2.24, 2.45) is 0 Å². The first-order chi connectivity index (χ1) is 7.15. The van der Waals surface area contributed by atoms with Gasteiger partial charge in [-0.3, -0.25) is 10.1 Å². The zero-order valence-corrected chi connectivity index (χ0v) is 7.97. The number of carbonyl (C=O) groups is 1. The lowest BCUT2D eigenvalue weighted by Crippen LogP contribution is -2.28. The van der Waals surface area contributed by atoms with Crippen molar-refractivity contribution in [1.29, 1.82) is 0 Å². The number of nitrogens with one attached hydrogen (secondary N) is 1. The number of carboxylic acids is 1. The van der Waals surface area contributed by atoms with Crippen LogP contribution in [-0.4, -0.2) is 22.7 Å². The molecule has 0 radical (unpaired) electrons. The van der Waals surface area contributed by atoms with Gasteiger partial charge in [0.1, 0.15) is 11.8 Å². The smallest absolute Gasteiger partial charge is 0.325 e. The Balaban J connectivity index is 2.89. The molecule has 1 aromatic rings. The Hall–Kier alpha value is -1.99. The van der Waals surface area contributed by atoms with E-state index in [2.05, 4.69) is 11.2 Å². The molecule has 1 atom stereocenters. The van der Waals surface area contributed by atoms with Crippen molar-refractivity contribution in [3.8, 4) is 18.1 Å². The first-order valence-electron chi connectivity index (χ1n) is 4.33. The van der Waals surface area contributed by atoms with Gasteiger partial charge in [0.15, 0.2) is 0 Å². The Bertz CT molecular complexity index is 395. The zero-order chi connectivity index (χ0) is 11.3. The van der Waals surface area contributed by atoms with Gasteiger partial charge in [-0.1, -0.05) is 18.1 Å². The molecule has 4 heteroatoms. The van der Waals surface area contributed by atoms with E-state index >= 15 is 0 Å². The van der Waals surface area contributed by atoms with Crippen LogP contribution in [0.2, 0.25) is 0 Å². The summed E-state index contributed by atoms with van der Waals surface area (Å²) < 4.78 is 0. The minimum absolute atomic E-state index is 0.0289. The van der Waals surface area contributed by atoms with Crippen molar-refractivity contribution in [2.75, 3.05) is 6.54 Å². The fourth-order valence-electron chi connectivity index (χ4n) is 1.21. The average molecular weight is 205 g/mol. The summed E-state index contributed by atoms with van der Waals surface area (Å²) in [6.07, 6.45) is 5.03. The molecule has 1 unspecified atom stereocenters. The molecule has 0 aliphatic heterocycles. The van der Waals surface area contributed by atoms with Crippen molar-refractivity contribution < 1.29 is 15.0 Å². The van der Waals surface area contributed by atoms with E-state index in [-0.39, 0.29) is 12.3 Å². The second kappa shape index (κ2) is 5.03. The number of benzene rings is 1. The van der Waals surface area contributed by atoms with Crippen LogP contribution in [0.1, 0.15) is 11.6 Å². The molecule has 0 heterocycles. The van der Waals surface area contributed by atoms with E-state index in [1.54, 1.807) is 12.1 Å². The Morgan fingerprint density at radius 2 is 2.33 bits per heavy atom. The number of hydrogen-bond acceptors (Lipinski definition) is 3. The Kier molecular flexibility index (Phi) is 3.72. The van der Waals surface area contributed by atoms with Crippen LogP contribution in [0.3, 0.4) is 0 Å². The van der Waals surface area contributed by atoms with Crippen LogP contribution in [0.15, 0.2) is 24.3 Å². The molecule has 0 amide bonds. The lowest BCUT2D eigenvalue weighted by molar-refractivity contribution is -0.139. The number of aromatic hydroxyl groups is 1. The van der Waals surface area contributed by atoms with Gasteiger partial charge < -0.3 is 10.2 Å². The van der Waals surface area contributed by atoms with Gasteiger partial charge in [0, 0.05) is 0 Å². The number of phenols is 1. The predicted octanol–water partition coefficient (Wildman–Crippen LogP) is 0.741. The maximum Gasteiger partial charge on any atom is 0.325 e. The van der Waals surface area contributed by atoms with E-state index < -0.39 is 12.0 Å². The zero-order valence-electron chi connectivity index (χ0n) is 7.97. The number of carboxylic acid groups (broad SMARTS) is 1. The normalized spacial score (nSPS) is 11.7. The highest BCUT2D eigenvalue weighted by Crippen LogP contribution is 2.18. The van der Waals surface area contributed by atoms with Crippen molar-refractivity contribution in [3.63, 3.8) is 0 Å². The number of terminal acetylenes is 1. The van der Waals surface area contributed by atoms with Gasteiger partial charge in [-0.05, 0) is 17.7 Å². The first kappa shape index (κ1) is 11.1. The maximum absolute atomic E-state index is 10.9. The second-order valence-corrected chi connectivity index (χ2v) is 2.95. The molecule has 0 spiro atoms. The van der Waals surface area contributed by atoms with Gasteiger partial charge in [0.25, 0.3) is 0 Å². The number of phenolic OH excluding ortho intramolecular Hbond substituents is 1. The summed E-state index contributed by atoms with van der Waals surface area (Å²) in [6.45, 7) is 0.159. The van der Waals surface area contributed by atoms with E-state index in [4.69, 9.17) is 11.5 Å². The Morgan fingerprint density at radius 1 is 1.60 bits per heavy atom. The maximum atomic E-state index is 10.9. The van der Waals surface area contributed by atoms with E-state index in [1.807, 2.05) is 0 Å². The Labute approximate surface area is 87.6 Å². The minimum atomic E-state index is -1.03. The molecular weight excluding hydrogens is 194 g/mol. The van der Waals surface area contributed by atoms with Crippen molar-refractivity contribution in [1.82, 2.24) is 5.32 Å². The monoisotopic (exact) mass is 205 g/mol. The van der Waals surface area contributed by atoms with Gasteiger partial charge in [0.05, 0.1) is 6.54 Å². The molecule has 0 aliphatic rings. The molecular formula is C11H11NO3. The SMILES string of the molecule is C#CCNC(C(=O)O)c1cccc(O)c1. The van der Waals surface area contributed by atoms with Crippen molar-refractivity contribution in [3.05, 3.63) is 29.8 Å². The Morgan fingerprint density at radius 3 is 2.87 bits per heavy atom. The van der Waals surface area contributed by atoms with E-state index in [0.717, 1.165) is 0 Å². The molecule has 1 rings (SSSR count). The fourth-order valence-corrected chi connectivity index (χ4v) is 1.21. The minimum Gasteiger partial charge on any atom is -0.508 e. The van der Waals surface area contributed by atoms with Crippen LogP contribution >= 0.6 is 0 Å². The van der Waals surface area contributed by atoms with Crippen LogP contribution < -0.4 is 5.32 Å².